The molecule has 0 heterocycles. The average molecular weight is 376 g/mol. The third-order valence-corrected chi connectivity index (χ3v) is 3.73. The van der Waals surface area contributed by atoms with Crippen molar-refractivity contribution in [2.75, 3.05) is 25.6 Å². The maximum atomic E-state index is 11.7. The molecule has 0 aliphatic heterocycles. The molecule has 10 heteroatoms. The number of aliphatic hydroxyl groups is 5. The van der Waals surface area contributed by atoms with E-state index in [2.05, 4.69) is 5.10 Å². The molecule has 4 atom stereocenters. The Morgan fingerprint density at radius 3 is 2.44 bits per heavy atom. The highest BCUT2D eigenvalue weighted by molar-refractivity contribution is 6.33. The van der Waals surface area contributed by atoms with E-state index >= 15 is 0 Å². The largest absolute Gasteiger partial charge is 0.394 e. The number of anilines is 1. The van der Waals surface area contributed by atoms with Crippen molar-refractivity contribution in [3.8, 4) is 0 Å². The lowest BCUT2D eigenvalue weighted by atomic mass is 10.0. The number of halogens is 1. The van der Waals surface area contributed by atoms with Gasteiger partial charge in [-0.05, 0) is 18.2 Å². The Morgan fingerprint density at radius 1 is 1.28 bits per heavy atom. The summed E-state index contributed by atoms with van der Waals surface area (Å²) < 4.78 is 0. The molecule has 1 amide bonds. The summed E-state index contributed by atoms with van der Waals surface area (Å²) in [4.78, 5) is 13.5. The van der Waals surface area contributed by atoms with Gasteiger partial charge >= 0.3 is 0 Å². The fourth-order valence-corrected chi connectivity index (χ4v) is 2.03. The first kappa shape index (κ1) is 21.3. The molecule has 0 aliphatic carbocycles. The molecule has 1 rings (SSSR count). The highest BCUT2D eigenvalue weighted by Gasteiger charge is 2.34. The molecule has 25 heavy (non-hydrogen) atoms. The molecule has 0 aliphatic rings. The highest BCUT2D eigenvalue weighted by Crippen LogP contribution is 2.21. The summed E-state index contributed by atoms with van der Waals surface area (Å²) in [5.74, 6) is -1.10. The van der Waals surface area contributed by atoms with E-state index in [0.29, 0.717) is 10.6 Å². The predicted octanol–water partition coefficient (Wildman–Crippen LogP) is -1.71. The van der Waals surface area contributed by atoms with E-state index in [1.165, 1.54) is 6.21 Å². The van der Waals surface area contributed by atoms with Crippen molar-refractivity contribution in [1.29, 1.82) is 0 Å². The molecule has 140 valence electrons. The lowest BCUT2D eigenvalue weighted by molar-refractivity contribution is -0.148. The summed E-state index contributed by atoms with van der Waals surface area (Å²) in [6, 6.07) is 5.18. The summed E-state index contributed by atoms with van der Waals surface area (Å²) in [5.41, 5.74) is 3.37. The minimum atomic E-state index is -2.06. The number of hydrogen-bond donors (Lipinski definition) is 6. The molecule has 9 nitrogen and oxygen atoms in total. The van der Waals surface area contributed by atoms with E-state index in [1.54, 1.807) is 18.2 Å². The Hall–Kier alpha value is -1.75. The van der Waals surface area contributed by atoms with Gasteiger partial charge in [0.2, 0.25) is 0 Å². The van der Waals surface area contributed by atoms with Crippen LogP contribution in [0.1, 0.15) is 5.56 Å². The van der Waals surface area contributed by atoms with Gasteiger partial charge in [-0.1, -0.05) is 11.6 Å². The number of hydrogen-bond acceptors (Lipinski definition) is 8. The number of carbonyl (C=O) groups is 1. The van der Waals surface area contributed by atoms with Gasteiger partial charge in [0, 0.05) is 25.3 Å². The average Bonchev–Trinajstić information content (AvgIpc) is 2.59. The monoisotopic (exact) mass is 375 g/mol. The molecule has 0 saturated carbocycles. The van der Waals surface area contributed by atoms with E-state index in [1.807, 2.05) is 24.4 Å². The van der Waals surface area contributed by atoms with Crippen LogP contribution in [-0.2, 0) is 4.79 Å². The minimum Gasteiger partial charge on any atom is -0.394 e. The van der Waals surface area contributed by atoms with Crippen molar-refractivity contribution in [2.24, 2.45) is 5.10 Å². The number of nitrogens with zero attached hydrogens (tertiary/aromatic N) is 2. The molecule has 6 N–H and O–H groups in total. The molecule has 0 aromatic heterocycles. The first-order chi connectivity index (χ1) is 11.7. The number of carbonyl (C=O) groups excluding carboxylic acids is 1. The van der Waals surface area contributed by atoms with Crippen molar-refractivity contribution in [3.05, 3.63) is 28.8 Å². The molecule has 0 bridgehead atoms. The summed E-state index contributed by atoms with van der Waals surface area (Å²) in [7, 11) is 3.71. The van der Waals surface area contributed by atoms with Gasteiger partial charge in [0.15, 0.2) is 6.10 Å². The molecule has 0 radical (unpaired) electrons. The fraction of sp³-hybridized carbons (Fsp3) is 0.467. The van der Waals surface area contributed by atoms with E-state index in [0.717, 1.165) is 5.69 Å². The van der Waals surface area contributed by atoms with Crippen LogP contribution in [0.3, 0.4) is 0 Å². The molecule has 1 aromatic carbocycles. The van der Waals surface area contributed by atoms with Crippen LogP contribution in [-0.4, -0.2) is 82.8 Å². The van der Waals surface area contributed by atoms with Crippen molar-refractivity contribution < 1.29 is 30.3 Å². The lowest BCUT2D eigenvalue weighted by Crippen LogP contribution is -2.50. The van der Waals surface area contributed by atoms with Crippen LogP contribution < -0.4 is 10.3 Å². The first-order valence-electron chi connectivity index (χ1n) is 7.32. The standard InChI is InChI=1S/C15H22ClN3O6/c1-19(2)9-4-3-8(10(16)5-9)6-17-18-15(25)14(24)13(23)12(22)11(21)7-20/h3-6,11-14,20-24H,7H2,1-2H3,(H,18,25). The molecule has 0 fully saturated rings. The van der Waals surface area contributed by atoms with Crippen LogP contribution in [0.25, 0.3) is 0 Å². The van der Waals surface area contributed by atoms with Gasteiger partial charge in [0.25, 0.3) is 5.91 Å². The Bertz CT molecular complexity index is 613. The predicted molar refractivity (Wildman–Crippen MR) is 92.6 cm³/mol. The Labute approximate surface area is 149 Å². The van der Waals surface area contributed by atoms with Crippen LogP contribution in [0.5, 0.6) is 0 Å². The molecular formula is C15H22ClN3O6. The van der Waals surface area contributed by atoms with Crippen LogP contribution in [0.2, 0.25) is 5.02 Å². The van der Waals surface area contributed by atoms with Crippen molar-refractivity contribution in [1.82, 2.24) is 5.43 Å². The number of aliphatic hydroxyl groups excluding tert-OH is 5. The van der Waals surface area contributed by atoms with Gasteiger partial charge in [0.1, 0.15) is 18.3 Å². The number of hydrazone groups is 1. The van der Waals surface area contributed by atoms with Gasteiger partial charge < -0.3 is 30.4 Å². The summed E-state index contributed by atoms with van der Waals surface area (Å²) in [6.45, 7) is -0.841. The summed E-state index contributed by atoms with van der Waals surface area (Å²) in [5, 5.41) is 50.6. The quantitative estimate of drug-likeness (QED) is 0.234. The molecule has 0 saturated heterocycles. The molecule has 0 spiro atoms. The van der Waals surface area contributed by atoms with Gasteiger partial charge in [-0.25, -0.2) is 5.43 Å². The number of nitrogens with one attached hydrogen (secondary N) is 1. The number of rotatable bonds is 8. The summed E-state index contributed by atoms with van der Waals surface area (Å²) >= 11 is 6.09. The van der Waals surface area contributed by atoms with Crippen molar-refractivity contribution in [3.63, 3.8) is 0 Å². The van der Waals surface area contributed by atoms with E-state index in [4.69, 9.17) is 16.7 Å². The maximum absolute atomic E-state index is 11.7. The number of benzene rings is 1. The fourth-order valence-electron chi connectivity index (χ4n) is 1.81. The second kappa shape index (κ2) is 9.66. The Morgan fingerprint density at radius 2 is 1.92 bits per heavy atom. The molecule has 4 unspecified atom stereocenters. The SMILES string of the molecule is CN(C)c1ccc(C=NNC(=O)C(O)C(O)C(O)C(O)CO)c(Cl)c1. The van der Waals surface area contributed by atoms with Gasteiger partial charge in [-0.3, -0.25) is 4.79 Å². The zero-order chi connectivity index (χ0) is 19.1. The molecular weight excluding hydrogens is 354 g/mol. The lowest BCUT2D eigenvalue weighted by Gasteiger charge is -2.24. The maximum Gasteiger partial charge on any atom is 0.271 e. The second-order valence-electron chi connectivity index (χ2n) is 5.51. The highest BCUT2D eigenvalue weighted by atomic mass is 35.5. The second-order valence-corrected chi connectivity index (χ2v) is 5.92. The van der Waals surface area contributed by atoms with Crippen molar-refractivity contribution in [2.45, 2.75) is 24.4 Å². The van der Waals surface area contributed by atoms with Gasteiger partial charge in [0.05, 0.1) is 17.8 Å². The van der Waals surface area contributed by atoms with Crippen LogP contribution in [0.4, 0.5) is 5.69 Å². The van der Waals surface area contributed by atoms with Crippen LogP contribution in [0.15, 0.2) is 23.3 Å². The summed E-state index contributed by atoms with van der Waals surface area (Å²) in [6.07, 6.45) is -6.41. The van der Waals surface area contributed by atoms with Crippen LogP contribution >= 0.6 is 11.6 Å². The normalized spacial score (nSPS) is 16.3. The zero-order valence-electron chi connectivity index (χ0n) is 13.7. The Balaban J connectivity index is 2.68. The third kappa shape index (κ3) is 5.92. The minimum absolute atomic E-state index is 0.395. The Kier molecular flexibility index (Phi) is 8.23. The zero-order valence-corrected chi connectivity index (χ0v) is 14.5. The van der Waals surface area contributed by atoms with Crippen LogP contribution in [0, 0.1) is 0 Å². The smallest absolute Gasteiger partial charge is 0.271 e. The molecule has 1 aromatic rings. The van der Waals surface area contributed by atoms with Crippen molar-refractivity contribution >= 4 is 29.4 Å². The van der Waals surface area contributed by atoms with Gasteiger partial charge in [-0.15, -0.1) is 0 Å². The van der Waals surface area contributed by atoms with E-state index in [-0.39, 0.29) is 0 Å². The third-order valence-electron chi connectivity index (χ3n) is 3.40. The number of amides is 1. The first-order valence-corrected chi connectivity index (χ1v) is 7.69. The van der Waals surface area contributed by atoms with E-state index < -0.39 is 36.9 Å². The van der Waals surface area contributed by atoms with Gasteiger partial charge in [-0.2, -0.15) is 5.10 Å². The van der Waals surface area contributed by atoms with E-state index in [9.17, 15) is 25.2 Å². The topological polar surface area (TPSA) is 146 Å².